The normalized spacial score (nSPS) is 12.4. The van der Waals surface area contributed by atoms with Gasteiger partial charge in [0.05, 0.1) is 17.9 Å². The first-order chi connectivity index (χ1) is 8.63. The average molecular weight is 244 g/mol. The molecule has 1 unspecified atom stereocenters. The highest BCUT2D eigenvalue weighted by molar-refractivity contribution is 5.38. The number of nitrogens with zero attached hydrogens (tertiary/aromatic N) is 1. The molecule has 0 aliphatic heterocycles. The van der Waals surface area contributed by atoms with Crippen LogP contribution in [-0.2, 0) is 0 Å². The molecule has 0 amide bonds. The molecule has 0 aliphatic carbocycles. The van der Waals surface area contributed by atoms with E-state index >= 15 is 0 Å². The third-order valence-electron chi connectivity index (χ3n) is 3.29. The fourth-order valence-corrected chi connectivity index (χ4v) is 2.11. The van der Waals surface area contributed by atoms with Gasteiger partial charge in [-0.1, -0.05) is 18.2 Å². The first-order valence-electron chi connectivity index (χ1n) is 5.98. The number of pyridine rings is 1. The van der Waals surface area contributed by atoms with Gasteiger partial charge in [0.15, 0.2) is 0 Å². The molecular weight excluding hydrogens is 227 g/mol. The number of aromatic nitrogens is 1. The van der Waals surface area contributed by atoms with Crippen LogP contribution in [0.2, 0.25) is 0 Å². The summed E-state index contributed by atoms with van der Waals surface area (Å²) in [5, 5.41) is 3.24. The maximum absolute atomic E-state index is 12.9. The summed E-state index contributed by atoms with van der Waals surface area (Å²) in [6.07, 6.45) is 1.25. The summed E-state index contributed by atoms with van der Waals surface area (Å²) in [5.41, 5.74) is 4.49. The van der Waals surface area contributed by atoms with Gasteiger partial charge in [-0.2, -0.15) is 0 Å². The molecule has 0 fully saturated rings. The largest absolute Gasteiger partial charge is 0.308 e. The van der Waals surface area contributed by atoms with Gasteiger partial charge in [0.2, 0.25) is 0 Å². The van der Waals surface area contributed by atoms with E-state index in [2.05, 4.69) is 36.3 Å². The molecule has 1 aromatic carbocycles. The Kier molecular flexibility index (Phi) is 3.72. The van der Waals surface area contributed by atoms with Crippen molar-refractivity contribution in [3.8, 4) is 0 Å². The van der Waals surface area contributed by atoms with E-state index < -0.39 is 0 Å². The summed E-state index contributed by atoms with van der Waals surface area (Å²) in [5.74, 6) is -0.311. The predicted molar refractivity (Wildman–Crippen MR) is 71.0 cm³/mol. The van der Waals surface area contributed by atoms with Crippen molar-refractivity contribution in [2.75, 3.05) is 7.05 Å². The Bertz CT molecular complexity index is 535. The van der Waals surface area contributed by atoms with Gasteiger partial charge in [0.1, 0.15) is 5.82 Å². The average Bonchev–Trinajstić information content (AvgIpc) is 2.37. The van der Waals surface area contributed by atoms with Gasteiger partial charge in [-0.05, 0) is 49.7 Å². The van der Waals surface area contributed by atoms with E-state index in [4.69, 9.17) is 0 Å². The zero-order valence-electron chi connectivity index (χ0n) is 10.9. The van der Waals surface area contributed by atoms with E-state index in [1.165, 1.54) is 29.0 Å². The first-order valence-corrected chi connectivity index (χ1v) is 5.98. The number of halogens is 1. The van der Waals surface area contributed by atoms with Gasteiger partial charge < -0.3 is 5.32 Å². The number of hydrogen-bond donors (Lipinski definition) is 1. The lowest BCUT2D eigenvalue weighted by molar-refractivity contribution is 0.609. The van der Waals surface area contributed by atoms with Crippen LogP contribution in [0.25, 0.3) is 0 Å². The van der Waals surface area contributed by atoms with Crippen LogP contribution < -0.4 is 5.32 Å². The van der Waals surface area contributed by atoms with Crippen molar-refractivity contribution < 1.29 is 4.39 Å². The second-order valence-electron chi connectivity index (χ2n) is 4.41. The van der Waals surface area contributed by atoms with Gasteiger partial charge in [-0.25, -0.2) is 4.39 Å². The Morgan fingerprint density at radius 2 is 1.94 bits per heavy atom. The molecule has 18 heavy (non-hydrogen) atoms. The lowest BCUT2D eigenvalue weighted by Gasteiger charge is -2.19. The smallest absolute Gasteiger partial charge is 0.141 e. The Labute approximate surface area is 107 Å². The Hall–Kier alpha value is -1.74. The molecule has 0 aliphatic rings. The fourth-order valence-electron chi connectivity index (χ4n) is 2.11. The van der Waals surface area contributed by atoms with Crippen LogP contribution in [0.1, 0.15) is 28.4 Å². The Morgan fingerprint density at radius 1 is 1.17 bits per heavy atom. The molecule has 2 aromatic rings. The minimum Gasteiger partial charge on any atom is -0.308 e. The molecule has 3 heteroatoms. The summed E-state index contributed by atoms with van der Waals surface area (Å²) in [4.78, 5) is 4.16. The third kappa shape index (κ3) is 2.41. The molecule has 1 atom stereocenters. The molecule has 1 aromatic heterocycles. The Morgan fingerprint density at radius 3 is 2.56 bits per heavy atom. The van der Waals surface area contributed by atoms with E-state index in [-0.39, 0.29) is 11.9 Å². The summed E-state index contributed by atoms with van der Waals surface area (Å²) in [7, 11) is 1.89. The maximum Gasteiger partial charge on any atom is 0.141 e. The number of aryl methyl sites for hydroxylation is 1. The number of hydrogen-bond acceptors (Lipinski definition) is 2. The minimum atomic E-state index is -0.311. The molecule has 0 saturated carbocycles. The van der Waals surface area contributed by atoms with Crippen molar-refractivity contribution in [1.82, 2.24) is 10.3 Å². The fraction of sp³-hybridized carbons (Fsp3) is 0.267. The second-order valence-corrected chi connectivity index (χ2v) is 4.41. The van der Waals surface area contributed by atoms with Crippen molar-refractivity contribution in [3.63, 3.8) is 0 Å². The van der Waals surface area contributed by atoms with Crippen LogP contribution in [0.5, 0.6) is 0 Å². The topological polar surface area (TPSA) is 24.9 Å². The molecule has 2 rings (SSSR count). The van der Waals surface area contributed by atoms with E-state index in [1.807, 2.05) is 13.1 Å². The highest BCUT2D eigenvalue weighted by Gasteiger charge is 2.16. The van der Waals surface area contributed by atoms with Crippen molar-refractivity contribution in [3.05, 3.63) is 64.7 Å². The summed E-state index contributed by atoms with van der Waals surface area (Å²) >= 11 is 0. The molecule has 0 radical (unpaired) electrons. The van der Waals surface area contributed by atoms with Gasteiger partial charge in [0, 0.05) is 0 Å². The molecule has 94 valence electrons. The monoisotopic (exact) mass is 244 g/mol. The molecular formula is C15H17FN2. The SMILES string of the molecule is CNC(c1ccc(F)cn1)c1cccc(C)c1C. The number of nitrogens with one attached hydrogen (secondary N) is 1. The third-order valence-corrected chi connectivity index (χ3v) is 3.29. The molecule has 2 nitrogen and oxygen atoms in total. The van der Waals surface area contributed by atoms with Crippen LogP contribution in [0.4, 0.5) is 4.39 Å². The van der Waals surface area contributed by atoms with Crippen LogP contribution in [0.15, 0.2) is 36.5 Å². The zero-order chi connectivity index (χ0) is 13.1. The van der Waals surface area contributed by atoms with E-state index in [0.717, 1.165) is 5.69 Å². The minimum absolute atomic E-state index is 0.00880. The molecule has 1 N–H and O–H groups in total. The van der Waals surface area contributed by atoms with Crippen LogP contribution >= 0.6 is 0 Å². The van der Waals surface area contributed by atoms with Crippen LogP contribution in [-0.4, -0.2) is 12.0 Å². The molecule has 0 saturated heterocycles. The maximum atomic E-state index is 12.9. The summed E-state index contributed by atoms with van der Waals surface area (Å²) in [6.45, 7) is 4.18. The van der Waals surface area contributed by atoms with Crippen LogP contribution in [0.3, 0.4) is 0 Å². The standard InChI is InChI=1S/C15H17FN2/c1-10-5-4-6-13(11(10)2)15(17-3)14-8-7-12(16)9-18-14/h4-9,15,17H,1-3H3. The van der Waals surface area contributed by atoms with E-state index in [1.54, 1.807) is 6.07 Å². The first kappa shape index (κ1) is 12.7. The van der Waals surface area contributed by atoms with Gasteiger partial charge in [0.25, 0.3) is 0 Å². The van der Waals surface area contributed by atoms with Crippen molar-refractivity contribution >= 4 is 0 Å². The Balaban J connectivity index is 2.45. The molecule has 1 heterocycles. The summed E-state index contributed by atoms with van der Waals surface area (Å²) in [6, 6.07) is 9.35. The van der Waals surface area contributed by atoms with Gasteiger partial charge >= 0.3 is 0 Å². The molecule has 0 spiro atoms. The predicted octanol–water partition coefficient (Wildman–Crippen LogP) is 3.15. The van der Waals surface area contributed by atoms with Crippen molar-refractivity contribution in [2.24, 2.45) is 0 Å². The van der Waals surface area contributed by atoms with Crippen molar-refractivity contribution in [2.45, 2.75) is 19.9 Å². The highest BCUT2D eigenvalue weighted by Crippen LogP contribution is 2.25. The van der Waals surface area contributed by atoms with Crippen molar-refractivity contribution in [1.29, 1.82) is 0 Å². The number of benzene rings is 1. The summed E-state index contributed by atoms with van der Waals surface area (Å²) < 4.78 is 12.9. The second kappa shape index (κ2) is 5.27. The zero-order valence-corrected chi connectivity index (χ0v) is 10.9. The highest BCUT2D eigenvalue weighted by atomic mass is 19.1. The van der Waals surface area contributed by atoms with E-state index in [9.17, 15) is 4.39 Å². The van der Waals surface area contributed by atoms with Crippen LogP contribution in [0, 0.1) is 19.7 Å². The quantitative estimate of drug-likeness (QED) is 0.897. The number of rotatable bonds is 3. The van der Waals surface area contributed by atoms with E-state index in [0.29, 0.717) is 0 Å². The van der Waals surface area contributed by atoms with Gasteiger partial charge in [-0.15, -0.1) is 0 Å². The lowest BCUT2D eigenvalue weighted by atomic mass is 9.95. The lowest BCUT2D eigenvalue weighted by Crippen LogP contribution is -2.20. The van der Waals surface area contributed by atoms with Gasteiger partial charge in [-0.3, -0.25) is 4.98 Å². The molecule has 0 bridgehead atoms.